The van der Waals surface area contributed by atoms with Crippen LogP contribution in [0.15, 0.2) is 24.3 Å². The summed E-state index contributed by atoms with van der Waals surface area (Å²) in [5.41, 5.74) is 3.79. The van der Waals surface area contributed by atoms with Gasteiger partial charge in [0.1, 0.15) is 0 Å². The lowest BCUT2D eigenvalue weighted by Gasteiger charge is -2.15. The first kappa shape index (κ1) is 13.2. The van der Waals surface area contributed by atoms with Crippen LogP contribution >= 0.6 is 11.3 Å². The van der Waals surface area contributed by atoms with Gasteiger partial charge in [-0.05, 0) is 33.4 Å². The molecule has 0 amide bonds. The average molecular weight is 260 g/mol. The van der Waals surface area contributed by atoms with Crippen molar-refractivity contribution in [3.05, 3.63) is 51.0 Å². The molecule has 2 rings (SSSR count). The van der Waals surface area contributed by atoms with E-state index in [2.05, 4.69) is 55.3 Å². The fraction of sp³-hybridized carbons (Fsp3) is 0.400. The van der Waals surface area contributed by atoms with Gasteiger partial charge in [0.25, 0.3) is 0 Å². The summed E-state index contributed by atoms with van der Waals surface area (Å²) in [5.74, 6) is 0. The van der Waals surface area contributed by atoms with Crippen molar-refractivity contribution in [2.75, 3.05) is 7.05 Å². The fourth-order valence-electron chi connectivity index (χ4n) is 1.99. The number of hydrogen-bond acceptors (Lipinski definition) is 3. The summed E-state index contributed by atoms with van der Waals surface area (Å²) in [5, 5.41) is 4.59. The molecule has 96 valence electrons. The number of nitrogens with one attached hydrogen (secondary N) is 1. The van der Waals surface area contributed by atoms with Gasteiger partial charge in [0.2, 0.25) is 0 Å². The van der Waals surface area contributed by atoms with Crippen molar-refractivity contribution in [1.82, 2.24) is 10.3 Å². The van der Waals surface area contributed by atoms with Gasteiger partial charge in [-0.1, -0.05) is 29.8 Å². The van der Waals surface area contributed by atoms with Crippen LogP contribution in [0.25, 0.3) is 0 Å². The zero-order valence-electron chi connectivity index (χ0n) is 11.4. The van der Waals surface area contributed by atoms with E-state index in [1.165, 1.54) is 21.0 Å². The molecule has 0 aliphatic carbocycles. The Hall–Kier alpha value is -1.19. The second-order valence-electron chi connectivity index (χ2n) is 4.71. The van der Waals surface area contributed by atoms with Crippen LogP contribution in [0.5, 0.6) is 0 Å². The van der Waals surface area contributed by atoms with Crippen molar-refractivity contribution >= 4 is 11.3 Å². The molecular weight excluding hydrogens is 240 g/mol. The molecule has 2 aromatic rings. The molecule has 1 atom stereocenters. The number of nitrogens with zero attached hydrogens (tertiary/aromatic N) is 1. The lowest BCUT2D eigenvalue weighted by Crippen LogP contribution is -2.18. The van der Waals surface area contributed by atoms with Crippen LogP contribution in [0, 0.1) is 20.8 Å². The number of rotatable bonds is 4. The Morgan fingerprint density at radius 2 is 1.83 bits per heavy atom. The molecule has 18 heavy (non-hydrogen) atoms. The summed E-state index contributed by atoms with van der Waals surface area (Å²) in [6.07, 6.45) is 0.957. The van der Waals surface area contributed by atoms with Gasteiger partial charge in [-0.3, -0.25) is 0 Å². The molecule has 0 saturated heterocycles. The quantitative estimate of drug-likeness (QED) is 0.909. The number of benzene rings is 1. The van der Waals surface area contributed by atoms with E-state index in [-0.39, 0.29) is 0 Å². The molecule has 0 saturated carbocycles. The van der Waals surface area contributed by atoms with E-state index in [4.69, 9.17) is 0 Å². The summed E-state index contributed by atoms with van der Waals surface area (Å²) in [6.45, 7) is 6.33. The molecular formula is C15H20N2S. The van der Waals surface area contributed by atoms with E-state index in [0.717, 1.165) is 12.1 Å². The topological polar surface area (TPSA) is 24.9 Å². The number of thiazole rings is 1. The van der Waals surface area contributed by atoms with Crippen molar-refractivity contribution in [3.8, 4) is 0 Å². The Morgan fingerprint density at radius 3 is 2.33 bits per heavy atom. The Balaban J connectivity index is 2.16. The molecule has 1 heterocycles. The fourth-order valence-corrected chi connectivity index (χ4v) is 2.97. The Bertz CT molecular complexity index is 494. The molecule has 0 aliphatic rings. The van der Waals surface area contributed by atoms with Crippen molar-refractivity contribution in [1.29, 1.82) is 0 Å². The summed E-state index contributed by atoms with van der Waals surface area (Å²) in [7, 11) is 2.01. The van der Waals surface area contributed by atoms with Gasteiger partial charge >= 0.3 is 0 Å². The van der Waals surface area contributed by atoms with E-state index < -0.39 is 0 Å². The molecule has 1 aromatic heterocycles. The summed E-state index contributed by atoms with van der Waals surface area (Å²) in [4.78, 5) is 5.94. The molecule has 1 unspecified atom stereocenters. The van der Waals surface area contributed by atoms with E-state index in [1.54, 1.807) is 11.3 Å². The van der Waals surface area contributed by atoms with Gasteiger partial charge in [0.15, 0.2) is 0 Å². The van der Waals surface area contributed by atoms with Crippen LogP contribution in [-0.2, 0) is 6.42 Å². The van der Waals surface area contributed by atoms with E-state index in [1.807, 2.05) is 7.05 Å². The highest BCUT2D eigenvalue weighted by atomic mass is 32.1. The minimum absolute atomic E-state index is 0.343. The molecule has 1 N–H and O–H groups in total. The molecule has 0 bridgehead atoms. The lowest BCUT2D eigenvalue weighted by molar-refractivity contribution is 0.590. The maximum atomic E-state index is 4.62. The largest absolute Gasteiger partial charge is 0.313 e. The molecule has 0 aliphatic heterocycles. The van der Waals surface area contributed by atoms with Crippen LogP contribution in [0.2, 0.25) is 0 Å². The predicted molar refractivity (Wildman–Crippen MR) is 78.3 cm³/mol. The van der Waals surface area contributed by atoms with Crippen molar-refractivity contribution < 1.29 is 0 Å². The van der Waals surface area contributed by atoms with E-state index in [9.17, 15) is 0 Å². The Morgan fingerprint density at radius 1 is 1.17 bits per heavy atom. The second kappa shape index (κ2) is 5.63. The first-order chi connectivity index (χ1) is 8.60. The Kier molecular flexibility index (Phi) is 4.15. The highest BCUT2D eigenvalue weighted by Gasteiger charge is 2.13. The van der Waals surface area contributed by atoms with Gasteiger partial charge in [0.05, 0.1) is 10.7 Å². The second-order valence-corrected chi connectivity index (χ2v) is 5.99. The van der Waals surface area contributed by atoms with Gasteiger partial charge in [-0.15, -0.1) is 11.3 Å². The highest BCUT2D eigenvalue weighted by Crippen LogP contribution is 2.23. The maximum absolute atomic E-state index is 4.62. The van der Waals surface area contributed by atoms with Gasteiger partial charge < -0.3 is 5.32 Å². The number of aryl methyl sites for hydroxylation is 3. The molecule has 0 fully saturated rings. The molecule has 0 radical (unpaired) electrons. The minimum Gasteiger partial charge on any atom is -0.313 e. The third kappa shape index (κ3) is 2.98. The maximum Gasteiger partial charge on any atom is 0.0949 e. The van der Waals surface area contributed by atoms with Crippen LogP contribution < -0.4 is 5.32 Å². The summed E-state index contributed by atoms with van der Waals surface area (Å²) >= 11 is 1.80. The summed E-state index contributed by atoms with van der Waals surface area (Å²) in [6, 6.07) is 9.07. The van der Waals surface area contributed by atoms with Crippen LogP contribution in [0.1, 0.15) is 32.7 Å². The van der Waals surface area contributed by atoms with Crippen LogP contribution in [0.4, 0.5) is 0 Å². The molecule has 2 nitrogen and oxygen atoms in total. The van der Waals surface area contributed by atoms with Crippen LogP contribution in [-0.4, -0.2) is 12.0 Å². The van der Waals surface area contributed by atoms with Crippen molar-refractivity contribution in [2.24, 2.45) is 0 Å². The van der Waals surface area contributed by atoms with Gasteiger partial charge in [0, 0.05) is 17.3 Å². The van der Waals surface area contributed by atoms with Gasteiger partial charge in [-0.25, -0.2) is 4.98 Å². The van der Waals surface area contributed by atoms with Crippen molar-refractivity contribution in [2.45, 2.75) is 33.2 Å². The first-order valence-corrected chi connectivity index (χ1v) is 7.08. The highest BCUT2D eigenvalue weighted by molar-refractivity contribution is 7.11. The third-order valence-electron chi connectivity index (χ3n) is 3.28. The monoisotopic (exact) mass is 260 g/mol. The van der Waals surface area contributed by atoms with E-state index >= 15 is 0 Å². The standard InChI is InChI=1S/C15H20N2S/c1-10-5-7-13(8-6-10)14(16-4)9-15-17-11(2)12(3)18-15/h5-8,14,16H,9H2,1-4H3. The van der Waals surface area contributed by atoms with Crippen LogP contribution in [0.3, 0.4) is 0 Å². The zero-order chi connectivity index (χ0) is 13.1. The molecule has 1 aromatic carbocycles. The zero-order valence-corrected chi connectivity index (χ0v) is 12.3. The third-order valence-corrected chi connectivity index (χ3v) is 4.37. The molecule has 0 spiro atoms. The number of hydrogen-bond donors (Lipinski definition) is 1. The Labute approximate surface area is 113 Å². The van der Waals surface area contributed by atoms with E-state index in [0.29, 0.717) is 6.04 Å². The number of aromatic nitrogens is 1. The van der Waals surface area contributed by atoms with Gasteiger partial charge in [-0.2, -0.15) is 0 Å². The summed E-state index contributed by atoms with van der Waals surface area (Å²) < 4.78 is 0. The lowest BCUT2D eigenvalue weighted by atomic mass is 10.0. The minimum atomic E-state index is 0.343. The molecule has 3 heteroatoms. The van der Waals surface area contributed by atoms with Crippen molar-refractivity contribution in [3.63, 3.8) is 0 Å². The predicted octanol–water partition coefficient (Wildman–Crippen LogP) is 3.57. The smallest absolute Gasteiger partial charge is 0.0949 e. The first-order valence-electron chi connectivity index (χ1n) is 6.27. The normalized spacial score (nSPS) is 12.7. The number of likely N-dealkylation sites (N-methyl/N-ethyl adjacent to an activating group) is 1. The average Bonchev–Trinajstić information content (AvgIpc) is 2.67. The SMILES string of the molecule is CNC(Cc1nc(C)c(C)s1)c1ccc(C)cc1.